The Bertz CT molecular complexity index is 1470. The first-order valence-corrected chi connectivity index (χ1v) is 12.3. The van der Waals surface area contributed by atoms with Gasteiger partial charge >= 0.3 is 0 Å². The van der Waals surface area contributed by atoms with Crippen LogP contribution >= 0.6 is 0 Å². The molecule has 1 fully saturated rings. The van der Waals surface area contributed by atoms with E-state index >= 15 is 0 Å². The molecule has 4 heterocycles. The van der Waals surface area contributed by atoms with Crippen LogP contribution in [0.3, 0.4) is 0 Å². The van der Waals surface area contributed by atoms with Gasteiger partial charge in [0.2, 0.25) is 18.6 Å². The summed E-state index contributed by atoms with van der Waals surface area (Å²) in [6.45, 7) is 2.22. The Morgan fingerprint density at radius 2 is 1.86 bits per heavy atom. The molecule has 0 unspecified atom stereocenters. The first kappa shape index (κ1) is 22.9. The molecule has 2 aromatic heterocycles. The highest BCUT2D eigenvalue weighted by molar-refractivity contribution is 5.87. The predicted octanol–water partition coefficient (Wildman–Crippen LogP) is 3.73. The number of likely N-dealkylation sites (tertiary alicyclic amines) is 1. The van der Waals surface area contributed by atoms with Crippen molar-refractivity contribution in [3.63, 3.8) is 0 Å². The lowest BCUT2D eigenvalue weighted by Crippen LogP contribution is -2.28. The number of rotatable bonds is 8. The highest BCUT2D eigenvalue weighted by Gasteiger charge is 2.21. The van der Waals surface area contributed by atoms with Gasteiger partial charge in [0, 0.05) is 63.3 Å². The fourth-order valence-corrected chi connectivity index (χ4v) is 4.52. The number of ether oxygens (including phenoxy) is 2. The number of fused-ring (bicyclic) bond motifs is 2. The minimum atomic E-state index is 0.201. The quantitative estimate of drug-likeness (QED) is 0.374. The Morgan fingerprint density at radius 1 is 1.00 bits per heavy atom. The number of anilines is 5. The predicted molar refractivity (Wildman–Crippen MR) is 141 cm³/mol. The topological polar surface area (TPSA) is 110 Å². The van der Waals surface area contributed by atoms with E-state index in [2.05, 4.69) is 15.6 Å². The van der Waals surface area contributed by atoms with Crippen LogP contribution in [0.1, 0.15) is 12.8 Å². The molecule has 1 amide bonds. The van der Waals surface area contributed by atoms with E-state index in [0.29, 0.717) is 53.9 Å². The Labute approximate surface area is 214 Å². The molecule has 2 aliphatic rings. The Hall–Kier alpha value is -4.54. The molecule has 2 aliphatic heterocycles. The number of amides is 1. The minimum absolute atomic E-state index is 0.201. The summed E-state index contributed by atoms with van der Waals surface area (Å²) in [6.07, 6.45) is 3.28. The molecule has 2 N–H and O–H groups in total. The number of carbonyl (C=O) groups excluding carboxylic acids is 1. The van der Waals surface area contributed by atoms with Crippen molar-refractivity contribution in [1.29, 1.82) is 0 Å². The van der Waals surface area contributed by atoms with Crippen molar-refractivity contribution in [1.82, 2.24) is 24.4 Å². The van der Waals surface area contributed by atoms with Crippen LogP contribution in [-0.4, -0.2) is 64.3 Å². The van der Waals surface area contributed by atoms with E-state index in [4.69, 9.17) is 19.4 Å². The first-order valence-electron chi connectivity index (χ1n) is 12.3. The molecule has 0 saturated carbocycles. The highest BCUT2D eigenvalue weighted by Crippen LogP contribution is 2.36. The van der Waals surface area contributed by atoms with Crippen molar-refractivity contribution >= 4 is 45.9 Å². The number of imidazole rings is 1. The summed E-state index contributed by atoms with van der Waals surface area (Å²) in [7, 11) is 4.00. The number of hydrogen-bond acceptors (Lipinski definition) is 9. The van der Waals surface area contributed by atoms with E-state index < -0.39 is 0 Å². The SMILES string of the molecule is CN(C)c1cccc(Nc2nc(Nc3ccc4c(c3)OCO4)c3ncn(CCN4CCCC4=O)c3n2)c1. The third kappa shape index (κ3) is 4.67. The van der Waals surface area contributed by atoms with Gasteiger partial charge in [0.25, 0.3) is 0 Å². The molecule has 0 aliphatic carbocycles. The summed E-state index contributed by atoms with van der Waals surface area (Å²) < 4.78 is 12.9. The van der Waals surface area contributed by atoms with E-state index in [1.54, 1.807) is 6.33 Å². The van der Waals surface area contributed by atoms with Crippen LogP contribution in [0.5, 0.6) is 11.5 Å². The van der Waals surface area contributed by atoms with Crippen molar-refractivity contribution in [2.45, 2.75) is 19.4 Å². The van der Waals surface area contributed by atoms with E-state index in [0.717, 1.165) is 30.0 Å². The second-order valence-corrected chi connectivity index (χ2v) is 9.25. The van der Waals surface area contributed by atoms with Crippen molar-refractivity contribution in [3.8, 4) is 11.5 Å². The maximum atomic E-state index is 12.1. The standard InChI is InChI=1S/C26H28N8O3/c1-32(2)19-6-3-5-17(13-19)29-26-30-24(28-18-8-9-20-21(14-18)37-16-36-20)23-25(31-26)34(15-27-23)12-11-33-10-4-7-22(33)35/h3,5-6,8-9,13-15H,4,7,10-12,16H2,1-2H3,(H2,28,29,30,31). The molecule has 0 atom stereocenters. The molecule has 6 rings (SSSR count). The van der Waals surface area contributed by atoms with Crippen LogP contribution in [0.2, 0.25) is 0 Å². The molecule has 1 saturated heterocycles. The van der Waals surface area contributed by atoms with Gasteiger partial charge in [-0.15, -0.1) is 0 Å². The lowest BCUT2D eigenvalue weighted by Gasteiger charge is -2.16. The normalized spacial score (nSPS) is 14.4. The number of nitrogens with one attached hydrogen (secondary N) is 2. The van der Waals surface area contributed by atoms with Gasteiger partial charge in [0.15, 0.2) is 28.5 Å². The van der Waals surface area contributed by atoms with E-state index in [-0.39, 0.29) is 12.7 Å². The van der Waals surface area contributed by atoms with Crippen LogP contribution in [0.15, 0.2) is 48.8 Å². The van der Waals surface area contributed by atoms with E-state index in [1.807, 2.05) is 70.9 Å². The number of carbonyl (C=O) groups is 1. The zero-order chi connectivity index (χ0) is 25.4. The lowest BCUT2D eigenvalue weighted by molar-refractivity contribution is -0.127. The maximum absolute atomic E-state index is 12.1. The van der Waals surface area contributed by atoms with E-state index in [1.165, 1.54) is 0 Å². The number of nitrogens with zero attached hydrogens (tertiary/aromatic N) is 6. The number of hydrogen-bond donors (Lipinski definition) is 2. The average Bonchev–Trinajstić information content (AvgIpc) is 3.62. The van der Waals surface area contributed by atoms with Gasteiger partial charge in [-0.05, 0) is 36.8 Å². The average molecular weight is 501 g/mol. The molecule has 11 nitrogen and oxygen atoms in total. The van der Waals surface area contributed by atoms with Crippen LogP contribution in [0.4, 0.5) is 28.8 Å². The van der Waals surface area contributed by atoms with Crippen molar-refractivity contribution in [2.24, 2.45) is 0 Å². The summed E-state index contributed by atoms with van der Waals surface area (Å²) in [6, 6.07) is 13.7. The fraction of sp³-hybridized carbons (Fsp3) is 0.308. The Morgan fingerprint density at radius 3 is 2.70 bits per heavy atom. The van der Waals surface area contributed by atoms with Gasteiger partial charge in [0.05, 0.1) is 6.33 Å². The molecule has 0 bridgehead atoms. The molecule has 0 radical (unpaired) electrons. The van der Waals surface area contributed by atoms with Crippen LogP contribution in [0.25, 0.3) is 11.2 Å². The second kappa shape index (κ2) is 9.49. The smallest absolute Gasteiger partial charge is 0.231 e. The molecule has 2 aromatic carbocycles. The molecule has 4 aromatic rings. The monoisotopic (exact) mass is 500 g/mol. The number of aromatic nitrogens is 4. The van der Waals surface area contributed by atoms with Crippen LogP contribution in [0, 0.1) is 0 Å². The Balaban J connectivity index is 1.35. The largest absolute Gasteiger partial charge is 0.454 e. The number of benzene rings is 2. The summed E-state index contributed by atoms with van der Waals surface area (Å²) in [5.74, 6) is 2.58. The molecule has 190 valence electrons. The lowest BCUT2D eigenvalue weighted by atomic mass is 10.2. The third-order valence-corrected chi connectivity index (χ3v) is 6.50. The first-order chi connectivity index (χ1) is 18.0. The van der Waals surface area contributed by atoms with Crippen LogP contribution in [-0.2, 0) is 11.3 Å². The van der Waals surface area contributed by atoms with Crippen molar-refractivity contribution < 1.29 is 14.3 Å². The van der Waals surface area contributed by atoms with Gasteiger partial charge < -0.3 is 34.5 Å². The van der Waals surface area contributed by atoms with Gasteiger partial charge in [-0.25, -0.2) is 4.98 Å². The molecule has 11 heteroatoms. The summed E-state index contributed by atoms with van der Waals surface area (Å²) in [5, 5.41) is 6.72. The molecular formula is C26H28N8O3. The second-order valence-electron chi connectivity index (χ2n) is 9.25. The third-order valence-electron chi connectivity index (χ3n) is 6.50. The van der Waals surface area contributed by atoms with Crippen molar-refractivity contribution in [2.75, 3.05) is 49.5 Å². The van der Waals surface area contributed by atoms with Gasteiger partial charge in [-0.2, -0.15) is 9.97 Å². The van der Waals surface area contributed by atoms with E-state index in [9.17, 15) is 4.79 Å². The van der Waals surface area contributed by atoms with Gasteiger partial charge in [-0.1, -0.05) is 6.07 Å². The highest BCUT2D eigenvalue weighted by atomic mass is 16.7. The molecule has 37 heavy (non-hydrogen) atoms. The Kier molecular flexibility index (Phi) is 5.87. The fourth-order valence-electron chi connectivity index (χ4n) is 4.52. The van der Waals surface area contributed by atoms with Gasteiger partial charge in [0.1, 0.15) is 0 Å². The van der Waals surface area contributed by atoms with Crippen molar-refractivity contribution in [3.05, 3.63) is 48.8 Å². The summed E-state index contributed by atoms with van der Waals surface area (Å²) in [5.41, 5.74) is 4.04. The zero-order valence-electron chi connectivity index (χ0n) is 20.8. The zero-order valence-corrected chi connectivity index (χ0v) is 20.8. The van der Waals surface area contributed by atoms with Gasteiger partial charge in [-0.3, -0.25) is 4.79 Å². The molecule has 0 spiro atoms. The molecular weight excluding hydrogens is 472 g/mol. The van der Waals surface area contributed by atoms with Crippen LogP contribution < -0.4 is 25.0 Å². The summed E-state index contributed by atoms with van der Waals surface area (Å²) in [4.78, 5) is 30.2. The maximum Gasteiger partial charge on any atom is 0.231 e. The minimum Gasteiger partial charge on any atom is -0.454 e. The summed E-state index contributed by atoms with van der Waals surface area (Å²) >= 11 is 0.